The molecule has 1 fully saturated rings. The fraction of sp³-hybridized carbons (Fsp3) is 0.263. The van der Waals surface area contributed by atoms with Gasteiger partial charge in [0, 0.05) is 31.3 Å². The van der Waals surface area contributed by atoms with E-state index < -0.39 is 0 Å². The molecule has 0 aliphatic carbocycles. The molecule has 0 bridgehead atoms. The number of para-hydroxylation sites is 1. The lowest BCUT2D eigenvalue weighted by Gasteiger charge is -2.17. The Hall–Kier alpha value is -2.82. The smallest absolute Gasteiger partial charge is 0.255 e. The van der Waals surface area contributed by atoms with Crippen molar-refractivity contribution in [1.29, 1.82) is 0 Å². The van der Waals surface area contributed by atoms with Crippen LogP contribution in [0.2, 0.25) is 0 Å². The molecule has 1 saturated heterocycles. The highest BCUT2D eigenvalue weighted by Gasteiger charge is 2.14. The van der Waals surface area contributed by atoms with Crippen molar-refractivity contribution in [3.8, 4) is 0 Å². The van der Waals surface area contributed by atoms with Crippen molar-refractivity contribution in [3.63, 3.8) is 0 Å². The summed E-state index contributed by atoms with van der Waals surface area (Å²) < 4.78 is 5.59. The second kappa shape index (κ2) is 6.00. The Morgan fingerprint density at radius 3 is 2.62 bits per heavy atom. The minimum atomic E-state index is -0.149. The highest BCUT2D eigenvalue weighted by Crippen LogP contribution is 2.25. The van der Waals surface area contributed by atoms with Gasteiger partial charge in [0.1, 0.15) is 5.52 Å². The normalized spacial score (nSPS) is 14.3. The maximum atomic E-state index is 12.5. The van der Waals surface area contributed by atoms with E-state index in [0.717, 1.165) is 18.6 Å². The molecule has 0 atom stereocenters. The number of rotatable bonds is 3. The van der Waals surface area contributed by atoms with Crippen LogP contribution in [0.4, 0.5) is 11.4 Å². The Bertz CT molecular complexity index is 877. The fourth-order valence-electron chi connectivity index (χ4n) is 3.15. The minimum Gasteiger partial charge on any atom is -0.439 e. The number of benzene rings is 2. The molecule has 1 aromatic heterocycles. The second-order valence-electron chi connectivity index (χ2n) is 6.08. The molecular weight excluding hydrogens is 302 g/mol. The number of oxazole rings is 1. The predicted octanol–water partition coefficient (Wildman–Crippen LogP) is 3.99. The van der Waals surface area contributed by atoms with E-state index in [2.05, 4.69) is 15.2 Å². The maximum Gasteiger partial charge on any atom is 0.255 e. The monoisotopic (exact) mass is 321 g/mol. The van der Waals surface area contributed by atoms with Gasteiger partial charge in [-0.2, -0.15) is 0 Å². The summed E-state index contributed by atoms with van der Waals surface area (Å²) in [6.45, 7) is 3.99. The molecular formula is C19H19N3O2. The number of hydrogen-bond donors (Lipinski definition) is 1. The maximum absolute atomic E-state index is 12.5. The van der Waals surface area contributed by atoms with Gasteiger partial charge in [0.25, 0.3) is 5.91 Å². The number of nitrogens with zero attached hydrogens (tertiary/aromatic N) is 2. The molecule has 2 aromatic carbocycles. The Morgan fingerprint density at radius 1 is 1.12 bits per heavy atom. The Kier molecular flexibility index (Phi) is 3.69. The molecule has 1 amide bonds. The standard InChI is InChI=1S/C19H19N3O2/c1-13-20-16-5-4-6-17(18(16)24-13)21-19(23)14-7-9-15(10-8-14)22-11-2-3-12-22/h4-10H,2-3,11-12H2,1H3,(H,21,23). The summed E-state index contributed by atoms with van der Waals surface area (Å²) in [4.78, 5) is 19.1. The molecule has 0 saturated carbocycles. The highest BCUT2D eigenvalue weighted by molar-refractivity contribution is 6.07. The zero-order valence-electron chi connectivity index (χ0n) is 13.6. The zero-order valence-corrected chi connectivity index (χ0v) is 13.6. The molecule has 3 aromatic rings. The molecule has 2 heterocycles. The lowest BCUT2D eigenvalue weighted by Crippen LogP contribution is -2.18. The summed E-state index contributed by atoms with van der Waals surface area (Å²) in [7, 11) is 0. The number of fused-ring (bicyclic) bond motifs is 1. The SMILES string of the molecule is Cc1nc2cccc(NC(=O)c3ccc(N4CCCC4)cc3)c2o1. The van der Waals surface area contributed by atoms with Gasteiger partial charge in [0.05, 0.1) is 5.69 Å². The van der Waals surface area contributed by atoms with Crippen LogP contribution >= 0.6 is 0 Å². The molecule has 0 unspecified atom stereocenters. The quantitative estimate of drug-likeness (QED) is 0.792. The van der Waals surface area contributed by atoms with Gasteiger partial charge in [-0.05, 0) is 49.2 Å². The number of carbonyl (C=O) groups is 1. The summed E-state index contributed by atoms with van der Waals surface area (Å²) in [5.41, 5.74) is 3.80. The van der Waals surface area contributed by atoms with Crippen LogP contribution in [-0.2, 0) is 0 Å². The number of hydrogen-bond acceptors (Lipinski definition) is 4. The molecule has 1 N–H and O–H groups in total. The van der Waals surface area contributed by atoms with Crippen LogP contribution in [0.25, 0.3) is 11.1 Å². The van der Waals surface area contributed by atoms with E-state index in [1.54, 1.807) is 6.92 Å². The van der Waals surface area contributed by atoms with E-state index in [0.29, 0.717) is 22.7 Å². The molecule has 24 heavy (non-hydrogen) atoms. The van der Waals surface area contributed by atoms with Crippen LogP contribution in [-0.4, -0.2) is 24.0 Å². The molecule has 0 spiro atoms. The molecule has 1 aliphatic heterocycles. The van der Waals surface area contributed by atoms with E-state index in [-0.39, 0.29) is 5.91 Å². The van der Waals surface area contributed by atoms with Crippen molar-refractivity contribution in [1.82, 2.24) is 4.98 Å². The average Bonchev–Trinajstić information content (AvgIpc) is 3.24. The van der Waals surface area contributed by atoms with Crippen molar-refractivity contribution in [3.05, 3.63) is 53.9 Å². The first-order chi connectivity index (χ1) is 11.7. The Balaban J connectivity index is 1.55. The number of amides is 1. The Morgan fingerprint density at radius 2 is 1.88 bits per heavy atom. The number of carbonyl (C=O) groups excluding carboxylic acids is 1. The van der Waals surface area contributed by atoms with Gasteiger partial charge in [0.15, 0.2) is 11.5 Å². The first-order valence-electron chi connectivity index (χ1n) is 8.23. The second-order valence-corrected chi connectivity index (χ2v) is 6.08. The van der Waals surface area contributed by atoms with Crippen LogP contribution < -0.4 is 10.2 Å². The average molecular weight is 321 g/mol. The van der Waals surface area contributed by atoms with E-state index in [1.165, 1.54) is 18.5 Å². The third-order valence-electron chi connectivity index (χ3n) is 4.37. The van der Waals surface area contributed by atoms with Gasteiger partial charge in [-0.1, -0.05) is 6.07 Å². The number of aryl methyl sites for hydroxylation is 1. The first-order valence-corrected chi connectivity index (χ1v) is 8.23. The zero-order chi connectivity index (χ0) is 16.5. The summed E-state index contributed by atoms with van der Waals surface area (Å²) in [6, 6.07) is 13.3. The third kappa shape index (κ3) is 2.73. The lowest BCUT2D eigenvalue weighted by molar-refractivity contribution is 0.102. The lowest BCUT2D eigenvalue weighted by atomic mass is 10.1. The van der Waals surface area contributed by atoms with Gasteiger partial charge in [-0.25, -0.2) is 4.98 Å². The largest absolute Gasteiger partial charge is 0.439 e. The van der Waals surface area contributed by atoms with Crippen LogP contribution in [0.15, 0.2) is 46.9 Å². The van der Waals surface area contributed by atoms with Crippen LogP contribution in [0, 0.1) is 6.92 Å². The number of anilines is 2. The van der Waals surface area contributed by atoms with Gasteiger partial charge in [0.2, 0.25) is 0 Å². The first kappa shape index (κ1) is 14.8. The summed E-state index contributed by atoms with van der Waals surface area (Å²) in [6.07, 6.45) is 2.48. The molecule has 1 aliphatic rings. The topological polar surface area (TPSA) is 58.4 Å². The molecule has 5 heteroatoms. The van der Waals surface area contributed by atoms with Gasteiger partial charge in [-0.3, -0.25) is 4.79 Å². The van der Waals surface area contributed by atoms with Gasteiger partial charge in [-0.15, -0.1) is 0 Å². The van der Waals surface area contributed by atoms with Gasteiger partial charge >= 0.3 is 0 Å². The summed E-state index contributed by atoms with van der Waals surface area (Å²) in [5.74, 6) is 0.436. The molecule has 5 nitrogen and oxygen atoms in total. The van der Waals surface area contributed by atoms with Crippen LogP contribution in [0.3, 0.4) is 0 Å². The predicted molar refractivity (Wildman–Crippen MR) is 94.6 cm³/mol. The number of aromatic nitrogens is 1. The van der Waals surface area contributed by atoms with Crippen LogP contribution in [0.1, 0.15) is 29.1 Å². The molecule has 0 radical (unpaired) electrons. The van der Waals surface area contributed by atoms with Crippen molar-refractivity contribution >= 4 is 28.4 Å². The third-order valence-corrected chi connectivity index (χ3v) is 4.37. The summed E-state index contributed by atoms with van der Waals surface area (Å²) in [5, 5.41) is 2.92. The molecule has 122 valence electrons. The highest BCUT2D eigenvalue weighted by atomic mass is 16.3. The van der Waals surface area contributed by atoms with Crippen molar-refractivity contribution in [2.75, 3.05) is 23.3 Å². The van der Waals surface area contributed by atoms with Gasteiger partial charge < -0.3 is 14.6 Å². The van der Waals surface area contributed by atoms with E-state index in [1.807, 2.05) is 42.5 Å². The van der Waals surface area contributed by atoms with Crippen molar-refractivity contribution < 1.29 is 9.21 Å². The number of nitrogens with one attached hydrogen (secondary N) is 1. The van der Waals surface area contributed by atoms with E-state index in [9.17, 15) is 4.79 Å². The summed E-state index contributed by atoms with van der Waals surface area (Å²) >= 11 is 0. The van der Waals surface area contributed by atoms with Crippen molar-refractivity contribution in [2.24, 2.45) is 0 Å². The van der Waals surface area contributed by atoms with E-state index >= 15 is 0 Å². The van der Waals surface area contributed by atoms with Crippen molar-refractivity contribution in [2.45, 2.75) is 19.8 Å². The van der Waals surface area contributed by atoms with Crippen LogP contribution in [0.5, 0.6) is 0 Å². The molecule has 4 rings (SSSR count). The fourth-order valence-corrected chi connectivity index (χ4v) is 3.15. The minimum absolute atomic E-state index is 0.149. The van der Waals surface area contributed by atoms with E-state index in [4.69, 9.17) is 4.42 Å². The Labute approximate surface area is 140 Å².